The first-order valence-electron chi connectivity index (χ1n) is 4.88. The van der Waals surface area contributed by atoms with Gasteiger partial charge in [-0.1, -0.05) is 0 Å². The lowest BCUT2D eigenvalue weighted by molar-refractivity contribution is -0.127. The van der Waals surface area contributed by atoms with Gasteiger partial charge in [-0.3, -0.25) is 9.59 Å². The van der Waals surface area contributed by atoms with Crippen LogP contribution < -0.4 is 5.32 Å². The quantitative estimate of drug-likeness (QED) is 0.791. The number of rotatable bonds is 3. The summed E-state index contributed by atoms with van der Waals surface area (Å²) >= 11 is 4.02. The third-order valence-corrected chi connectivity index (χ3v) is 2.37. The highest BCUT2D eigenvalue weighted by atomic mass is 32.1. The first-order chi connectivity index (χ1) is 7.91. The Kier molecular flexibility index (Phi) is 4.51. The highest BCUT2D eigenvalue weighted by Gasteiger charge is 2.13. The first-order valence-corrected chi connectivity index (χ1v) is 5.33. The maximum absolute atomic E-state index is 13.3. The molecule has 4 nitrogen and oxygen atoms in total. The Hall–Kier alpha value is -1.56. The number of carbonyl (C=O) groups is 2. The van der Waals surface area contributed by atoms with Crippen LogP contribution in [-0.2, 0) is 4.79 Å². The number of nitrogens with zero attached hydrogens (tertiary/aromatic N) is 1. The van der Waals surface area contributed by atoms with Crippen LogP contribution >= 0.6 is 12.6 Å². The molecule has 0 bridgehead atoms. The lowest BCUT2D eigenvalue weighted by Crippen LogP contribution is -2.36. The molecule has 17 heavy (non-hydrogen) atoms. The van der Waals surface area contributed by atoms with Crippen LogP contribution in [0.25, 0.3) is 0 Å². The van der Waals surface area contributed by atoms with Gasteiger partial charge in [0.1, 0.15) is 5.82 Å². The Morgan fingerprint density at radius 2 is 2.06 bits per heavy atom. The van der Waals surface area contributed by atoms with Crippen LogP contribution in [0.3, 0.4) is 0 Å². The van der Waals surface area contributed by atoms with Crippen LogP contribution in [0.4, 0.5) is 4.39 Å². The van der Waals surface area contributed by atoms with Gasteiger partial charge >= 0.3 is 0 Å². The van der Waals surface area contributed by atoms with E-state index >= 15 is 0 Å². The average Bonchev–Trinajstić information content (AvgIpc) is 2.28. The number of benzene rings is 1. The summed E-state index contributed by atoms with van der Waals surface area (Å²) in [6.45, 7) is -0.165. The van der Waals surface area contributed by atoms with E-state index in [9.17, 15) is 14.0 Å². The van der Waals surface area contributed by atoms with Gasteiger partial charge in [-0.15, -0.1) is 12.6 Å². The molecule has 0 atom stereocenters. The molecule has 0 aromatic heterocycles. The van der Waals surface area contributed by atoms with Crippen molar-refractivity contribution in [1.29, 1.82) is 0 Å². The standard InChI is InChI=1S/C11H13FN2O2S/c1-14(2)10(15)6-13-11(16)8-5-7(17)3-4-9(8)12/h3-5,17H,6H2,1-2H3,(H,13,16). The highest BCUT2D eigenvalue weighted by Crippen LogP contribution is 2.13. The number of halogens is 1. The number of hydrogen-bond donors (Lipinski definition) is 2. The zero-order valence-corrected chi connectivity index (χ0v) is 10.4. The van der Waals surface area contributed by atoms with Gasteiger partial charge < -0.3 is 10.2 Å². The van der Waals surface area contributed by atoms with E-state index in [-0.39, 0.29) is 18.0 Å². The van der Waals surface area contributed by atoms with Crippen LogP contribution in [0.2, 0.25) is 0 Å². The average molecular weight is 256 g/mol. The molecule has 0 radical (unpaired) electrons. The van der Waals surface area contributed by atoms with E-state index in [1.165, 1.54) is 17.0 Å². The molecule has 0 aliphatic carbocycles. The number of nitrogens with one attached hydrogen (secondary N) is 1. The third kappa shape index (κ3) is 3.74. The zero-order valence-electron chi connectivity index (χ0n) is 9.53. The Bertz CT molecular complexity index is 449. The van der Waals surface area contributed by atoms with Crippen molar-refractivity contribution in [3.8, 4) is 0 Å². The molecule has 0 saturated heterocycles. The Morgan fingerprint density at radius 3 is 2.65 bits per heavy atom. The number of thiol groups is 1. The molecule has 0 heterocycles. The Balaban J connectivity index is 2.70. The number of likely N-dealkylation sites (N-methyl/N-ethyl adjacent to an activating group) is 1. The van der Waals surface area contributed by atoms with Gasteiger partial charge in [0, 0.05) is 19.0 Å². The number of amides is 2. The van der Waals surface area contributed by atoms with Gasteiger partial charge in [0.15, 0.2) is 0 Å². The van der Waals surface area contributed by atoms with Crippen molar-refractivity contribution in [3.63, 3.8) is 0 Å². The molecule has 0 aliphatic rings. The predicted octanol–water partition coefficient (Wildman–Crippen LogP) is 0.932. The number of hydrogen-bond acceptors (Lipinski definition) is 3. The van der Waals surface area contributed by atoms with Gasteiger partial charge in [0.05, 0.1) is 12.1 Å². The minimum Gasteiger partial charge on any atom is -0.347 e. The molecule has 0 aliphatic heterocycles. The molecule has 0 spiro atoms. The van der Waals surface area contributed by atoms with Crippen LogP contribution in [-0.4, -0.2) is 37.4 Å². The Labute approximate surface area is 104 Å². The maximum Gasteiger partial charge on any atom is 0.254 e. The summed E-state index contributed by atoms with van der Waals surface area (Å²) in [6.07, 6.45) is 0. The van der Waals surface area contributed by atoms with Gasteiger partial charge in [0.2, 0.25) is 5.91 Å². The van der Waals surface area contributed by atoms with Gasteiger partial charge in [-0.2, -0.15) is 0 Å². The molecule has 92 valence electrons. The fourth-order valence-electron chi connectivity index (χ4n) is 1.10. The fourth-order valence-corrected chi connectivity index (χ4v) is 1.30. The molecule has 0 fully saturated rings. The van der Waals surface area contributed by atoms with E-state index < -0.39 is 11.7 Å². The molecule has 1 rings (SSSR count). The summed E-state index contributed by atoms with van der Waals surface area (Å²) in [6, 6.07) is 3.92. The molecule has 6 heteroatoms. The van der Waals surface area contributed by atoms with E-state index in [2.05, 4.69) is 17.9 Å². The molecule has 1 aromatic rings. The fraction of sp³-hybridized carbons (Fsp3) is 0.273. The van der Waals surface area contributed by atoms with Crippen molar-refractivity contribution >= 4 is 24.4 Å². The summed E-state index contributed by atoms with van der Waals surface area (Å²) in [5, 5.41) is 2.34. The summed E-state index contributed by atoms with van der Waals surface area (Å²) in [5.41, 5.74) is -0.121. The number of carbonyl (C=O) groups excluding carboxylic acids is 2. The van der Waals surface area contributed by atoms with E-state index in [0.29, 0.717) is 4.90 Å². The van der Waals surface area contributed by atoms with Crippen LogP contribution in [0.5, 0.6) is 0 Å². The van der Waals surface area contributed by atoms with E-state index in [4.69, 9.17) is 0 Å². The van der Waals surface area contributed by atoms with E-state index in [1.54, 1.807) is 14.1 Å². The highest BCUT2D eigenvalue weighted by molar-refractivity contribution is 7.80. The van der Waals surface area contributed by atoms with Crippen molar-refractivity contribution < 1.29 is 14.0 Å². The zero-order chi connectivity index (χ0) is 13.0. The normalized spacial score (nSPS) is 9.88. The minimum atomic E-state index is -0.641. The minimum absolute atomic E-state index is 0.121. The SMILES string of the molecule is CN(C)C(=O)CNC(=O)c1cc(S)ccc1F. The van der Waals surface area contributed by atoms with E-state index in [0.717, 1.165) is 6.07 Å². The van der Waals surface area contributed by atoms with Gasteiger partial charge in [0.25, 0.3) is 5.91 Å². The van der Waals surface area contributed by atoms with Crippen molar-refractivity contribution in [2.24, 2.45) is 0 Å². The van der Waals surface area contributed by atoms with Gasteiger partial charge in [-0.05, 0) is 18.2 Å². The van der Waals surface area contributed by atoms with Crippen molar-refractivity contribution in [2.45, 2.75) is 4.90 Å². The largest absolute Gasteiger partial charge is 0.347 e. The lowest BCUT2D eigenvalue weighted by Gasteiger charge is -2.11. The van der Waals surface area contributed by atoms with Crippen molar-refractivity contribution in [2.75, 3.05) is 20.6 Å². The van der Waals surface area contributed by atoms with Crippen molar-refractivity contribution in [3.05, 3.63) is 29.6 Å². The second-order valence-corrected chi connectivity index (χ2v) is 4.15. The molecular formula is C11H13FN2O2S. The van der Waals surface area contributed by atoms with Crippen LogP contribution in [0.1, 0.15) is 10.4 Å². The molecule has 0 unspecified atom stereocenters. The van der Waals surface area contributed by atoms with E-state index in [1.807, 2.05) is 0 Å². The Morgan fingerprint density at radius 1 is 1.41 bits per heavy atom. The maximum atomic E-state index is 13.3. The van der Waals surface area contributed by atoms with Crippen LogP contribution in [0.15, 0.2) is 23.1 Å². The second kappa shape index (κ2) is 5.67. The third-order valence-electron chi connectivity index (χ3n) is 2.09. The molecular weight excluding hydrogens is 243 g/mol. The molecule has 0 saturated carbocycles. The second-order valence-electron chi connectivity index (χ2n) is 3.63. The lowest BCUT2D eigenvalue weighted by atomic mass is 10.2. The smallest absolute Gasteiger partial charge is 0.254 e. The summed E-state index contributed by atoms with van der Waals surface area (Å²) in [5.74, 6) is -1.54. The molecule has 1 N–H and O–H groups in total. The molecule has 2 amide bonds. The monoisotopic (exact) mass is 256 g/mol. The summed E-state index contributed by atoms with van der Waals surface area (Å²) in [7, 11) is 3.15. The first kappa shape index (κ1) is 13.5. The molecule has 1 aromatic carbocycles. The van der Waals surface area contributed by atoms with Crippen LogP contribution in [0, 0.1) is 5.82 Å². The predicted molar refractivity (Wildman–Crippen MR) is 64.7 cm³/mol. The van der Waals surface area contributed by atoms with Gasteiger partial charge in [-0.25, -0.2) is 4.39 Å². The summed E-state index contributed by atoms with van der Waals surface area (Å²) in [4.78, 5) is 24.6. The summed E-state index contributed by atoms with van der Waals surface area (Å²) < 4.78 is 13.3. The topological polar surface area (TPSA) is 49.4 Å². The van der Waals surface area contributed by atoms with Crippen molar-refractivity contribution in [1.82, 2.24) is 10.2 Å².